The van der Waals surface area contributed by atoms with Crippen LogP contribution in [0, 0.1) is 17.8 Å². The van der Waals surface area contributed by atoms with Crippen LogP contribution < -0.4 is 10.1 Å². The Morgan fingerprint density at radius 3 is 2.59 bits per heavy atom. The molecule has 0 spiro atoms. The second kappa shape index (κ2) is 9.79. The van der Waals surface area contributed by atoms with E-state index in [9.17, 15) is 9.59 Å². The molecule has 3 aliphatic rings. The molecule has 1 aromatic rings. The van der Waals surface area contributed by atoms with Gasteiger partial charge in [0.2, 0.25) is 5.91 Å². The Labute approximate surface area is 191 Å². The van der Waals surface area contributed by atoms with Crippen molar-refractivity contribution in [1.82, 2.24) is 9.80 Å². The lowest BCUT2D eigenvalue weighted by atomic mass is 10.0. The fourth-order valence-electron chi connectivity index (χ4n) is 4.41. The third-order valence-corrected chi connectivity index (χ3v) is 6.98. The summed E-state index contributed by atoms with van der Waals surface area (Å²) in [6.45, 7) is 7.40. The van der Waals surface area contributed by atoms with Gasteiger partial charge in [-0.25, -0.2) is 0 Å². The van der Waals surface area contributed by atoms with Crippen LogP contribution in [0.2, 0.25) is 0 Å². The van der Waals surface area contributed by atoms with Gasteiger partial charge in [-0.05, 0) is 62.6 Å². The van der Waals surface area contributed by atoms with Gasteiger partial charge >= 0.3 is 0 Å². The number of carbonyl (C=O) groups excluding carboxylic acids is 2. The van der Waals surface area contributed by atoms with Gasteiger partial charge in [0.25, 0.3) is 5.91 Å². The van der Waals surface area contributed by atoms with Gasteiger partial charge in [-0.1, -0.05) is 6.92 Å². The van der Waals surface area contributed by atoms with E-state index in [-0.39, 0.29) is 35.8 Å². The van der Waals surface area contributed by atoms with Gasteiger partial charge in [0, 0.05) is 51.4 Å². The molecular weight excluding hydrogens is 406 g/mol. The highest BCUT2D eigenvalue weighted by molar-refractivity contribution is 6.00. The highest BCUT2D eigenvalue weighted by Gasteiger charge is 2.32. The van der Waals surface area contributed by atoms with Crippen LogP contribution in [-0.2, 0) is 9.53 Å². The lowest BCUT2D eigenvalue weighted by molar-refractivity contribution is -0.117. The van der Waals surface area contributed by atoms with E-state index < -0.39 is 0 Å². The smallest absolute Gasteiger partial charge is 0.257 e. The summed E-state index contributed by atoms with van der Waals surface area (Å²) in [6, 6.07) is 5.61. The van der Waals surface area contributed by atoms with E-state index >= 15 is 0 Å². The standard InChI is InChI=1S/C25H37N3O4/c1-16-12-28(13-18-5-6-18)17(2)15-32-22-10-9-20(26-24(29)19-7-8-19)11-21(22)25(30)27(3)14-23(16)31-4/h9-11,16-19,23H,5-8,12-15H2,1-4H3,(H,26,29)/t16-,17+,23+/m0/s1. The number of ether oxygens (including phenoxy) is 2. The summed E-state index contributed by atoms with van der Waals surface area (Å²) in [6.07, 6.45) is 4.43. The average Bonchev–Trinajstić information content (AvgIpc) is 3.68. The van der Waals surface area contributed by atoms with Crippen molar-refractivity contribution in [2.75, 3.05) is 45.7 Å². The largest absolute Gasteiger partial charge is 0.491 e. The van der Waals surface area contributed by atoms with Crippen LogP contribution in [0.1, 0.15) is 49.9 Å². The summed E-state index contributed by atoms with van der Waals surface area (Å²) in [5.74, 6) is 1.63. The zero-order valence-corrected chi connectivity index (χ0v) is 19.8. The summed E-state index contributed by atoms with van der Waals surface area (Å²) in [4.78, 5) is 29.8. The number of benzene rings is 1. The third-order valence-electron chi connectivity index (χ3n) is 6.98. The van der Waals surface area contributed by atoms with Gasteiger partial charge in [0.05, 0.1) is 11.7 Å². The van der Waals surface area contributed by atoms with E-state index in [4.69, 9.17) is 9.47 Å². The van der Waals surface area contributed by atoms with E-state index in [2.05, 4.69) is 24.1 Å². The Hall–Kier alpha value is -2.12. The lowest BCUT2D eigenvalue weighted by Crippen LogP contribution is -2.47. The minimum Gasteiger partial charge on any atom is -0.491 e. The van der Waals surface area contributed by atoms with Crippen LogP contribution in [0.4, 0.5) is 5.69 Å². The maximum Gasteiger partial charge on any atom is 0.257 e. The molecule has 4 rings (SSSR count). The monoisotopic (exact) mass is 443 g/mol. The van der Waals surface area contributed by atoms with Crippen molar-refractivity contribution >= 4 is 17.5 Å². The van der Waals surface area contributed by atoms with Gasteiger partial charge in [-0.3, -0.25) is 14.5 Å². The predicted octanol–water partition coefficient (Wildman–Crippen LogP) is 3.25. The highest BCUT2D eigenvalue weighted by atomic mass is 16.5. The Balaban J connectivity index is 1.60. The lowest BCUT2D eigenvalue weighted by Gasteiger charge is -2.36. The zero-order valence-electron chi connectivity index (χ0n) is 19.8. The van der Waals surface area contributed by atoms with Crippen molar-refractivity contribution in [3.8, 4) is 5.75 Å². The van der Waals surface area contributed by atoms with Crippen molar-refractivity contribution in [2.45, 2.75) is 51.7 Å². The quantitative estimate of drug-likeness (QED) is 0.756. The number of carbonyl (C=O) groups is 2. The molecule has 0 unspecified atom stereocenters. The zero-order chi connectivity index (χ0) is 22.8. The number of anilines is 1. The molecule has 1 N–H and O–H groups in total. The first kappa shape index (κ1) is 23.1. The molecule has 0 bridgehead atoms. The number of hydrogen-bond acceptors (Lipinski definition) is 5. The number of nitrogens with zero attached hydrogens (tertiary/aromatic N) is 2. The molecule has 2 aliphatic carbocycles. The molecule has 0 saturated heterocycles. The van der Waals surface area contributed by atoms with E-state index in [1.165, 1.54) is 12.8 Å². The van der Waals surface area contributed by atoms with Gasteiger partial charge in [0.1, 0.15) is 12.4 Å². The van der Waals surface area contributed by atoms with Crippen molar-refractivity contribution in [3.63, 3.8) is 0 Å². The van der Waals surface area contributed by atoms with Gasteiger partial charge in [-0.2, -0.15) is 0 Å². The molecule has 1 aromatic carbocycles. The minimum absolute atomic E-state index is 0.0254. The Morgan fingerprint density at radius 1 is 1.19 bits per heavy atom. The second-order valence-electron chi connectivity index (χ2n) is 9.97. The Morgan fingerprint density at radius 2 is 1.94 bits per heavy atom. The number of likely N-dealkylation sites (N-methyl/N-ethyl adjacent to an activating group) is 1. The van der Waals surface area contributed by atoms with Gasteiger partial charge < -0.3 is 19.7 Å². The molecule has 1 aliphatic heterocycles. The third kappa shape index (κ3) is 5.62. The van der Waals surface area contributed by atoms with E-state index in [0.29, 0.717) is 30.2 Å². The van der Waals surface area contributed by atoms with Crippen LogP contribution in [0.15, 0.2) is 18.2 Å². The van der Waals surface area contributed by atoms with Crippen LogP contribution in [0.5, 0.6) is 5.75 Å². The average molecular weight is 444 g/mol. The highest BCUT2D eigenvalue weighted by Crippen LogP contribution is 2.33. The molecule has 2 amide bonds. The van der Waals surface area contributed by atoms with Crippen LogP contribution in [0.25, 0.3) is 0 Å². The van der Waals surface area contributed by atoms with Gasteiger partial charge in [0.15, 0.2) is 0 Å². The first-order valence-electron chi connectivity index (χ1n) is 12.0. The topological polar surface area (TPSA) is 71.1 Å². The number of fused-ring (bicyclic) bond motifs is 1. The summed E-state index contributed by atoms with van der Waals surface area (Å²) in [7, 11) is 3.53. The maximum absolute atomic E-state index is 13.4. The number of methoxy groups -OCH3 is 1. The van der Waals surface area contributed by atoms with E-state index in [1.54, 1.807) is 25.1 Å². The Bertz CT molecular complexity index is 836. The fourth-order valence-corrected chi connectivity index (χ4v) is 4.41. The van der Waals surface area contributed by atoms with Gasteiger partial charge in [-0.15, -0.1) is 0 Å². The van der Waals surface area contributed by atoms with Crippen molar-refractivity contribution < 1.29 is 19.1 Å². The minimum atomic E-state index is -0.125. The molecule has 2 fully saturated rings. The maximum atomic E-state index is 13.4. The molecule has 3 atom stereocenters. The molecule has 7 heteroatoms. The summed E-state index contributed by atoms with van der Waals surface area (Å²) < 4.78 is 12.0. The summed E-state index contributed by atoms with van der Waals surface area (Å²) in [5.41, 5.74) is 1.11. The van der Waals surface area contributed by atoms with E-state index in [1.807, 2.05) is 12.1 Å². The fraction of sp³-hybridized carbons (Fsp3) is 0.680. The van der Waals surface area contributed by atoms with Crippen molar-refractivity contribution in [3.05, 3.63) is 23.8 Å². The molecule has 32 heavy (non-hydrogen) atoms. The predicted molar refractivity (Wildman–Crippen MR) is 124 cm³/mol. The molecule has 176 valence electrons. The van der Waals surface area contributed by atoms with Crippen LogP contribution in [0.3, 0.4) is 0 Å². The summed E-state index contributed by atoms with van der Waals surface area (Å²) in [5, 5.41) is 2.95. The second-order valence-corrected chi connectivity index (χ2v) is 9.97. The number of nitrogens with one attached hydrogen (secondary N) is 1. The van der Waals surface area contributed by atoms with E-state index in [0.717, 1.165) is 31.8 Å². The van der Waals surface area contributed by atoms with Crippen molar-refractivity contribution in [2.24, 2.45) is 17.8 Å². The molecular formula is C25H37N3O4. The van der Waals surface area contributed by atoms with Crippen LogP contribution >= 0.6 is 0 Å². The SMILES string of the molecule is CO[C@@H]1CN(C)C(=O)c2cc(NC(=O)C3CC3)ccc2OC[C@@H](C)N(CC2CC2)C[C@@H]1C. The van der Waals surface area contributed by atoms with Crippen LogP contribution in [-0.4, -0.2) is 74.2 Å². The number of rotatable bonds is 5. The molecule has 2 saturated carbocycles. The molecule has 0 radical (unpaired) electrons. The molecule has 7 nitrogen and oxygen atoms in total. The molecule has 1 heterocycles. The Kier molecular flexibility index (Phi) is 7.05. The number of hydrogen-bond donors (Lipinski definition) is 1. The number of amides is 2. The normalized spacial score (nSPS) is 27.7. The molecule has 0 aromatic heterocycles. The first-order valence-corrected chi connectivity index (χ1v) is 12.0. The summed E-state index contributed by atoms with van der Waals surface area (Å²) >= 11 is 0. The van der Waals surface area contributed by atoms with Crippen molar-refractivity contribution in [1.29, 1.82) is 0 Å². The first-order chi connectivity index (χ1) is 15.4.